The molecule has 1 atom stereocenters. The molecule has 1 aromatic heterocycles. The van der Waals surface area contributed by atoms with Crippen molar-refractivity contribution in [1.82, 2.24) is 15.2 Å². The van der Waals surface area contributed by atoms with Crippen LogP contribution in [0.3, 0.4) is 0 Å². The van der Waals surface area contributed by atoms with Gasteiger partial charge in [0.2, 0.25) is 11.8 Å². The summed E-state index contributed by atoms with van der Waals surface area (Å²) in [6.45, 7) is 6.81. The van der Waals surface area contributed by atoms with Crippen molar-refractivity contribution in [2.75, 3.05) is 13.1 Å². The van der Waals surface area contributed by atoms with Gasteiger partial charge in [0.1, 0.15) is 5.54 Å². The average Bonchev–Trinajstić information content (AvgIpc) is 2.79. The van der Waals surface area contributed by atoms with Crippen LogP contribution in [-0.2, 0) is 16.0 Å². The van der Waals surface area contributed by atoms with Crippen LogP contribution in [0.1, 0.15) is 37.4 Å². The Morgan fingerprint density at radius 3 is 2.85 bits per heavy atom. The molecule has 0 saturated carbocycles. The summed E-state index contributed by atoms with van der Waals surface area (Å²) in [6.07, 6.45) is 1.71. The maximum absolute atomic E-state index is 12.6. The number of nitrogens with zero attached hydrogens (tertiary/aromatic N) is 2. The second kappa shape index (κ2) is 5.91. The Kier molecular flexibility index (Phi) is 4.42. The van der Waals surface area contributed by atoms with Gasteiger partial charge in [0.25, 0.3) is 0 Å². The number of thiazole rings is 1. The number of carbonyl (C=O) groups is 2. The van der Waals surface area contributed by atoms with Crippen molar-refractivity contribution in [3.05, 3.63) is 16.1 Å². The van der Waals surface area contributed by atoms with E-state index in [9.17, 15) is 9.59 Å². The Labute approximate surface area is 123 Å². The first-order valence-electron chi connectivity index (χ1n) is 6.96. The van der Waals surface area contributed by atoms with Gasteiger partial charge in [-0.15, -0.1) is 11.3 Å². The van der Waals surface area contributed by atoms with E-state index < -0.39 is 5.54 Å². The van der Waals surface area contributed by atoms with Gasteiger partial charge < -0.3 is 10.2 Å². The summed E-state index contributed by atoms with van der Waals surface area (Å²) in [5, 5.41) is 5.91. The summed E-state index contributed by atoms with van der Waals surface area (Å²) in [5.74, 6) is -0.0347. The molecule has 1 saturated heterocycles. The molecule has 1 N–H and O–H groups in total. The minimum absolute atomic E-state index is 0.0119. The molecule has 110 valence electrons. The zero-order valence-corrected chi connectivity index (χ0v) is 13.0. The van der Waals surface area contributed by atoms with E-state index in [1.54, 1.807) is 23.2 Å². The van der Waals surface area contributed by atoms with Gasteiger partial charge in [-0.05, 0) is 20.3 Å². The standard InChI is InChI=1S/C14H21N3O2S/c1-4-14(3)13(19)17(8-6-12(18)16-14)7-5-11-9-20-10(2)15-11/h9H,4-8H2,1-3H3,(H,16,18). The Morgan fingerprint density at radius 2 is 2.25 bits per heavy atom. The van der Waals surface area contributed by atoms with E-state index >= 15 is 0 Å². The average molecular weight is 295 g/mol. The Balaban J connectivity index is 2.06. The molecule has 1 aromatic rings. The van der Waals surface area contributed by atoms with E-state index in [2.05, 4.69) is 10.3 Å². The normalized spacial score (nSPS) is 23.6. The number of carbonyl (C=O) groups excluding carboxylic acids is 2. The second-order valence-corrected chi connectivity index (χ2v) is 6.45. The fraction of sp³-hybridized carbons (Fsp3) is 0.643. The highest BCUT2D eigenvalue weighted by Crippen LogP contribution is 2.18. The first-order chi connectivity index (χ1) is 9.44. The van der Waals surface area contributed by atoms with Crippen molar-refractivity contribution < 1.29 is 9.59 Å². The largest absolute Gasteiger partial charge is 0.342 e. The van der Waals surface area contributed by atoms with Crippen molar-refractivity contribution in [1.29, 1.82) is 0 Å². The van der Waals surface area contributed by atoms with Gasteiger partial charge >= 0.3 is 0 Å². The summed E-state index contributed by atoms with van der Waals surface area (Å²) in [4.78, 5) is 30.5. The monoisotopic (exact) mass is 295 g/mol. The van der Waals surface area contributed by atoms with E-state index in [1.807, 2.05) is 19.2 Å². The predicted molar refractivity (Wildman–Crippen MR) is 78.6 cm³/mol. The highest BCUT2D eigenvalue weighted by atomic mass is 32.1. The molecule has 5 nitrogen and oxygen atoms in total. The van der Waals surface area contributed by atoms with Crippen LogP contribution in [0.2, 0.25) is 0 Å². The van der Waals surface area contributed by atoms with Gasteiger partial charge in [-0.25, -0.2) is 4.98 Å². The quantitative estimate of drug-likeness (QED) is 0.916. The first-order valence-corrected chi connectivity index (χ1v) is 7.84. The summed E-state index contributed by atoms with van der Waals surface area (Å²) in [6, 6.07) is 0. The van der Waals surface area contributed by atoms with Crippen LogP contribution >= 0.6 is 11.3 Å². The Bertz CT molecular complexity index is 514. The lowest BCUT2D eigenvalue weighted by Crippen LogP contribution is -2.54. The minimum Gasteiger partial charge on any atom is -0.342 e. The van der Waals surface area contributed by atoms with Crippen LogP contribution in [0.4, 0.5) is 0 Å². The highest BCUT2D eigenvalue weighted by Gasteiger charge is 2.38. The fourth-order valence-corrected chi connectivity index (χ4v) is 2.98. The van der Waals surface area contributed by atoms with Crippen LogP contribution in [0.15, 0.2) is 5.38 Å². The van der Waals surface area contributed by atoms with E-state index in [1.165, 1.54) is 0 Å². The number of nitrogens with one attached hydrogen (secondary N) is 1. The fourth-order valence-electron chi connectivity index (χ4n) is 2.34. The molecule has 1 fully saturated rings. The van der Waals surface area contributed by atoms with Gasteiger partial charge in [-0.3, -0.25) is 9.59 Å². The molecule has 1 unspecified atom stereocenters. The van der Waals surface area contributed by atoms with Gasteiger partial charge in [-0.1, -0.05) is 6.92 Å². The van der Waals surface area contributed by atoms with E-state index in [0.717, 1.165) is 17.1 Å². The molecular formula is C14H21N3O2S. The second-order valence-electron chi connectivity index (χ2n) is 5.38. The summed E-state index contributed by atoms with van der Waals surface area (Å²) in [7, 11) is 0. The number of aryl methyl sites for hydroxylation is 1. The molecule has 2 amide bonds. The van der Waals surface area contributed by atoms with Crippen molar-refractivity contribution in [2.24, 2.45) is 0 Å². The van der Waals surface area contributed by atoms with E-state index in [-0.39, 0.29) is 11.8 Å². The van der Waals surface area contributed by atoms with Gasteiger partial charge in [0.05, 0.1) is 10.7 Å². The highest BCUT2D eigenvalue weighted by molar-refractivity contribution is 7.09. The molecular weight excluding hydrogens is 274 g/mol. The summed E-state index contributed by atoms with van der Waals surface area (Å²) >= 11 is 1.62. The predicted octanol–water partition coefficient (Wildman–Crippen LogP) is 1.51. The smallest absolute Gasteiger partial charge is 0.248 e. The molecule has 1 aliphatic rings. The number of rotatable bonds is 4. The molecule has 6 heteroatoms. The molecule has 0 aliphatic carbocycles. The lowest BCUT2D eigenvalue weighted by Gasteiger charge is -2.31. The number of amides is 2. The first kappa shape index (κ1) is 15.0. The number of aromatic nitrogens is 1. The minimum atomic E-state index is -0.772. The van der Waals surface area contributed by atoms with Crippen LogP contribution in [0.25, 0.3) is 0 Å². The third-order valence-corrected chi connectivity index (χ3v) is 4.62. The van der Waals surface area contributed by atoms with Gasteiger partial charge in [-0.2, -0.15) is 0 Å². The molecule has 2 rings (SSSR count). The molecule has 20 heavy (non-hydrogen) atoms. The van der Waals surface area contributed by atoms with Crippen LogP contribution in [-0.4, -0.2) is 40.3 Å². The molecule has 0 aromatic carbocycles. The zero-order valence-electron chi connectivity index (χ0n) is 12.2. The maximum atomic E-state index is 12.6. The van der Waals surface area contributed by atoms with E-state index in [4.69, 9.17) is 0 Å². The molecule has 0 bridgehead atoms. The topological polar surface area (TPSA) is 62.3 Å². The zero-order chi connectivity index (χ0) is 14.8. The molecule has 0 spiro atoms. The molecule has 1 aliphatic heterocycles. The Hall–Kier alpha value is -1.43. The SMILES string of the molecule is CCC1(C)NC(=O)CCN(CCc2csc(C)n2)C1=O. The molecule has 0 radical (unpaired) electrons. The van der Waals surface area contributed by atoms with Crippen molar-refractivity contribution >= 4 is 23.2 Å². The molecule has 2 heterocycles. The number of hydrogen-bond acceptors (Lipinski definition) is 4. The maximum Gasteiger partial charge on any atom is 0.248 e. The van der Waals surface area contributed by atoms with Gasteiger partial charge in [0, 0.05) is 31.3 Å². The Morgan fingerprint density at radius 1 is 1.50 bits per heavy atom. The number of hydrogen-bond donors (Lipinski definition) is 1. The van der Waals surface area contributed by atoms with Crippen molar-refractivity contribution in [3.63, 3.8) is 0 Å². The van der Waals surface area contributed by atoms with Crippen LogP contribution in [0, 0.1) is 6.92 Å². The summed E-state index contributed by atoms with van der Waals surface area (Å²) < 4.78 is 0. The van der Waals surface area contributed by atoms with Crippen molar-refractivity contribution in [3.8, 4) is 0 Å². The van der Waals surface area contributed by atoms with Crippen LogP contribution < -0.4 is 5.32 Å². The third-order valence-electron chi connectivity index (χ3n) is 3.79. The lowest BCUT2D eigenvalue weighted by molar-refractivity contribution is -0.138. The lowest BCUT2D eigenvalue weighted by atomic mass is 9.97. The van der Waals surface area contributed by atoms with Crippen molar-refractivity contribution in [2.45, 2.75) is 45.6 Å². The summed E-state index contributed by atoms with van der Waals surface area (Å²) in [5.41, 5.74) is 0.244. The third kappa shape index (κ3) is 3.17. The van der Waals surface area contributed by atoms with E-state index in [0.29, 0.717) is 25.9 Å². The van der Waals surface area contributed by atoms with Crippen LogP contribution in [0.5, 0.6) is 0 Å². The van der Waals surface area contributed by atoms with Gasteiger partial charge in [0.15, 0.2) is 0 Å².